The molecule has 2 aromatic carbocycles. The summed E-state index contributed by atoms with van der Waals surface area (Å²) in [4.78, 5) is 12.0. The molecule has 0 aromatic heterocycles. The number of rotatable bonds is 5. The summed E-state index contributed by atoms with van der Waals surface area (Å²) in [6, 6.07) is 9.06. The Hall–Kier alpha value is -2.76. The third-order valence-electron chi connectivity index (χ3n) is 3.10. The lowest BCUT2D eigenvalue weighted by molar-refractivity contribution is -0.115. The minimum Gasteiger partial charge on any atom is -0.493 e. The molecule has 3 N–H and O–H groups in total. The summed E-state index contributed by atoms with van der Waals surface area (Å²) in [7, 11) is 3.07. The Labute approximate surface area is 127 Å². The SMILES string of the molecule is COc1ccc(CC(=O)Nc2ccc(F)cc2N)cc1OC. The molecule has 1 amide bonds. The number of hydrogen-bond donors (Lipinski definition) is 2. The Balaban J connectivity index is 2.08. The van der Waals surface area contributed by atoms with Gasteiger partial charge >= 0.3 is 0 Å². The highest BCUT2D eigenvalue weighted by Crippen LogP contribution is 2.28. The smallest absolute Gasteiger partial charge is 0.228 e. The lowest BCUT2D eigenvalue weighted by Gasteiger charge is -2.11. The topological polar surface area (TPSA) is 73.6 Å². The number of ether oxygens (including phenoxy) is 2. The van der Waals surface area contributed by atoms with E-state index < -0.39 is 5.82 Å². The number of halogens is 1. The molecule has 5 nitrogen and oxygen atoms in total. The third-order valence-corrected chi connectivity index (χ3v) is 3.10. The van der Waals surface area contributed by atoms with E-state index in [0.29, 0.717) is 17.2 Å². The number of amides is 1. The van der Waals surface area contributed by atoms with Crippen LogP contribution in [-0.4, -0.2) is 20.1 Å². The van der Waals surface area contributed by atoms with Crippen molar-refractivity contribution in [2.75, 3.05) is 25.3 Å². The fourth-order valence-corrected chi connectivity index (χ4v) is 2.02. The van der Waals surface area contributed by atoms with Crippen molar-refractivity contribution >= 4 is 17.3 Å². The molecule has 116 valence electrons. The van der Waals surface area contributed by atoms with Gasteiger partial charge in [-0.1, -0.05) is 6.07 Å². The minimum absolute atomic E-state index is 0.136. The molecule has 0 radical (unpaired) electrons. The van der Waals surface area contributed by atoms with E-state index in [1.165, 1.54) is 19.2 Å². The first kappa shape index (κ1) is 15.6. The van der Waals surface area contributed by atoms with Gasteiger partial charge in [0, 0.05) is 0 Å². The molecule has 22 heavy (non-hydrogen) atoms. The number of anilines is 2. The highest BCUT2D eigenvalue weighted by molar-refractivity contribution is 5.95. The first-order chi connectivity index (χ1) is 10.5. The number of benzene rings is 2. The predicted octanol–water partition coefficient (Wildman–Crippen LogP) is 2.61. The summed E-state index contributed by atoms with van der Waals surface area (Å²) >= 11 is 0. The highest BCUT2D eigenvalue weighted by Gasteiger charge is 2.10. The summed E-state index contributed by atoms with van der Waals surface area (Å²) in [6.07, 6.45) is 0.136. The van der Waals surface area contributed by atoms with Crippen LogP contribution in [0.2, 0.25) is 0 Å². The van der Waals surface area contributed by atoms with E-state index >= 15 is 0 Å². The van der Waals surface area contributed by atoms with Crippen LogP contribution in [0.3, 0.4) is 0 Å². The largest absolute Gasteiger partial charge is 0.493 e. The summed E-state index contributed by atoms with van der Waals surface area (Å²) in [5.74, 6) is 0.435. The zero-order chi connectivity index (χ0) is 16.1. The van der Waals surface area contributed by atoms with Crippen LogP contribution in [0.15, 0.2) is 36.4 Å². The molecule has 2 rings (SSSR count). The molecule has 0 fully saturated rings. The number of carbonyl (C=O) groups excluding carboxylic acids is 1. The van der Waals surface area contributed by atoms with E-state index in [1.54, 1.807) is 25.3 Å². The number of methoxy groups -OCH3 is 2. The fourth-order valence-electron chi connectivity index (χ4n) is 2.02. The zero-order valence-corrected chi connectivity index (χ0v) is 12.4. The lowest BCUT2D eigenvalue weighted by Crippen LogP contribution is -2.15. The maximum atomic E-state index is 13.0. The van der Waals surface area contributed by atoms with Gasteiger partial charge < -0.3 is 20.5 Å². The molecular formula is C16H17FN2O3. The van der Waals surface area contributed by atoms with Crippen LogP contribution in [0.1, 0.15) is 5.56 Å². The highest BCUT2D eigenvalue weighted by atomic mass is 19.1. The van der Waals surface area contributed by atoms with Gasteiger partial charge in [-0.25, -0.2) is 4.39 Å². The molecule has 0 spiro atoms. The van der Waals surface area contributed by atoms with Gasteiger partial charge in [-0.15, -0.1) is 0 Å². The van der Waals surface area contributed by atoms with Crippen LogP contribution in [0.4, 0.5) is 15.8 Å². The molecule has 0 aliphatic heterocycles. The number of hydrogen-bond acceptors (Lipinski definition) is 4. The van der Waals surface area contributed by atoms with Crippen LogP contribution in [0.5, 0.6) is 11.5 Å². The molecule has 2 aromatic rings. The monoisotopic (exact) mass is 304 g/mol. The van der Waals surface area contributed by atoms with Gasteiger partial charge in [-0.2, -0.15) is 0 Å². The summed E-state index contributed by atoms with van der Waals surface area (Å²) in [6.45, 7) is 0. The molecule has 0 atom stereocenters. The molecule has 0 aliphatic rings. The number of nitrogens with two attached hydrogens (primary N) is 1. The summed E-state index contributed by atoms with van der Waals surface area (Å²) in [5.41, 5.74) is 6.98. The number of carbonyl (C=O) groups is 1. The van der Waals surface area contributed by atoms with Gasteiger partial charge in [-0.05, 0) is 35.9 Å². The molecule has 0 aliphatic carbocycles. The molecule has 6 heteroatoms. The van der Waals surface area contributed by atoms with Gasteiger partial charge in [0.25, 0.3) is 0 Å². The normalized spacial score (nSPS) is 10.1. The standard InChI is InChI=1S/C16H17FN2O3/c1-21-14-6-3-10(7-15(14)22-2)8-16(20)19-13-5-4-11(17)9-12(13)18/h3-7,9H,8,18H2,1-2H3,(H,19,20). The van der Waals surface area contributed by atoms with Crippen molar-refractivity contribution < 1.29 is 18.7 Å². The first-order valence-corrected chi connectivity index (χ1v) is 6.59. The van der Waals surface area contributed by atoms with Crippen molar-refractivity contribution in [2.24, 2.45) is 0 Å². The molecule has 0 bridgehead atoms. The average Bonchev–Trinajstić information content (AvgIpc) is 2.50. The maximum Gasteiger partial charge on any atom is 0.228 e. The molecule has 0 saturated heterocycles. The Kier molecular flexibility index (Phi) is 4.83. The Morgan fingerprint density at radius 3 is 2.50 bits per heavy atom. The number of nitrogens with one attached hydrogen (secondary N) is 1. The number of nitrogen functional groups attached to an aromatic ring is 1. The van der Waals surface area contributed by atoms with E-state index in [2.05, 4.69) is 5.32 Å². The van der Waals surface area contributed by atoms with E-state index in [-0.39, 0.29) is 18.0 Å². The second-order valence-corrected chi connectivity index (χ2v) is 4.65. The van der Waals surface area contributed by atoms with Gasteiger partial charge in [0.15, 0.2) is 11.5 Å². The molecule has 0 saturated carbocycles. The van der Waals surface area contributed by atoms with Crippen LogP contribution >= 0.6 is 0 Å². The van der Waals surface area contributed by atoms with Crippen molar-refractivity contribution in [3.05, 3.63) is 47.8 Å². The van der Waals surface area contributed by atoms with Crippen LogP contribution in [0, 0.1) is 5.82 Å². The Morgan fingerprint density at radius 2 is 1.86 bits per heavy atom. The van der Waals surface area contributed by atoms with Crippen molar-refractivity contribution in [3.63, 3.8) is 0 Å². The predicted molar refractivity (Wildman–Crippen MR) is 82.7 cm³/mol. The van der Waals surface area contributed by atoms with Gasteiger partial charge in [0.05, 0.1) is 32.0 Å². The van der Waals surface area contributed by atoms with Crippen LogP contribution < -0.4 is 20.5 Å². The van der Waals surface area contributed by atoms with Crippen LogP contribution in [0.25, 0.3) is 0 Å². The quantitative estimate of drug-likeness (QED) is 0.833. The minimum atomic E-state index is -0.449. The van der Waals surface area contributed by atoms with Crippen LogP contribution in [-0.2, 0) is 11.2 Å². The van der Waals surface area contributed by atoms with Gasteiger partial charge in [0.1, 0.15) is 5.82 Å². The zero-order valence-electron chi connectivity index (χ0n) is 12.4. The van der Waals surface area contributed by atoms with E-state index in [9.17, 15) is 9.18 Å². The van der Waals surface area contributed by atoms with Gasteiger partial charge in [-0.3, -0.25) is 4.79 Å². The van der Waals surface area contributed by atoms with Crippen molar-refractivity contribution in [1.29, 1.82) is 0 Å². The van der Waals surface area contributed by atoms with E-state index in [0.717, 1.165) is 11.6 Å². The molecule has 0 unspecified atom stereocenters. The summed E-state index contributed by atoms with van der Waals surface area (Å²) < 4.78 is 23.3. The van der Waals surface area contributed by atoms with Gasteiger partial charge in [0.2, 0.25) is 5.91 Å². The second kappa shape index (κ2) is 6.80. The van der Waals surface area contributed by atoms with Crippen molar-refractivity contribution in [2.45, 2.75) is 6.42 Å². The Bertz CT molecular complexity index is 689. The molecule has 0 heterocycles. The Morgan fingerprint density at radius 1 is 1.14 bits per heavy atom. The first-order valence-electron chi connectivity index (χ1n) is 6.59. The van der Waals surface area contributed by atoms with Crippen molar-refractivity contribution in [3.8, 4) is 11.5 Å². The fraction of sp³-hybridized carbons (Fsp3) is 0.188. The van der Waals surface area contributed by atoms with E-state index in [4.69, 9.17) is 15.2 Å². The average molecular weight is 304 g/mol. The lowest BCUT2D eigenvalue weighted by atomic mass is 10.1. The summed E-state index contributed by atoms with van der Waals surface area (Å²) in [5, 5.41) is 2.65. The van der Waals surface area contributed by atoms with Crippen molar-refractivity contribution in [1.82, 2.24) is 0 Å². The second-order valence-electron chi connectivity index (χ2n) is 4.65. The third kappa shape index (κ3) is 3.66. The maximum absolute atomic E-state index is 13.0. The molecular weight excluding hydrogens is 287 g/mol. The van der Waals surface area contributed by atoms with E-state index in [1.807, 2.05) is 0 Å².